The van der Waals surface area contributed by atoms with Crippen LogP contribution in [0.4, 0.5) is 5.69 Å². The zero-order valence-corrected chi connectivity index (χ0v) is 12.5. The van der Waals surface area contributed by atoms with Crippen LogP contribution < -0.4 is 10.2 Å². The minimum Gasteiger partial charge on any atom is -0.362 e. The van der Waals surface area contributed by atoms with Gasteiger partial charge in [0.1, 0.15) is 0 Å². The lowest BCUT2D eigenvalue weighted by molar-refractivity contribution is -0.120. The fraction of sp³-hybridized carbons (Fsp3) is 0.529. The van der Waals surface area contributed by atoms with Gasteiger partial charge in [0.2, 0.25) is 5.91 Å². The van der Waals surface area contributed by atoms with E-state index in [4.69, 9.17) is 0 Å². The molecule has 4 nitrogen and oxygen atoms in total. The number of rotatable bonds is 4. The van der Waals surface area contributed by atoms with Crippen LogP contribution in [0.25, 0.3) is 0 Å². The number of anilines is 1. The number of nitrogens with one attached hydrogen (secondary N) is 1. The monoisotopic (exact) mass is 286 g/mol. The summed E-state index contributed by atoms with van der Waals surface area (Å²) in [6.07, 6.45) is 5.60. The standard InChI is InChI=1S/C17H22N2O2/c1-12(20)13-6-7-16-14(10-13)8-9-19(16)11-17(21)18-15-4-2-3-5-15/h6-7,10,15H,2-5,8-9,11H2,1H3,(H,18,21). The smallest absolute Gasteiger partial charge is 0.239 e. The molecule has 0 saturated heterocycles. The van der Waals surface area contributed by atoms with Crippen LogP contribution in [0.1, 0.15) is 48.5 Å². The second-order valence-corrected chi connectivity index (χ2v) is 6.12. The Morgan fingerprint density at radius 2 is 2.05 bits per heavy atom. The Morgan fingerprint density at radius 3 is 2.76 bits per heavy atom. The first-order valence-corrected chi connectivity index (χ1v) is 7.81. The molecule has 1 N–H and O–H groups in total. The Hall–Kier alpha value is -1.84. The second-order valence-electron chi connectivity index (χ2n) is 6.12. The molecule has 0 spiro atoms. The summed E-state index contributed by atoms with van der Waals surface area (Å²) >= 11 is 0. The molecule has 1 aliphatic heterocycles. The Morgan fingerprint density at radius 1 is 1.29 bits per heavy atom. The molecule has 1 aromatic carbocycles. The normalized spacial score (nSPS) is 17.9. The molecule has 0 aromatic heterocycles. The van der Waals surface area contributed by atoms with E-state index in [-0.39, 0.29) is 11.7 Å². The predicted octanol–water partition coefficient (Wildman–Crippen LogP) is 2.31. The number of nitrogens with zero attached hydrogens (tertiary/aromatic N) is 1. The van der Waals surface area contributed by atoms with Crippen molar-refractivity contribution < 1.29 is 9.59 Å². The van der Waals surface area contributed by atoms with Crippen molar-refractivity contribution in [2.45, 2.75) is 45.1 Å². The summed E-state index contributed by atoms with van der Waals surface area (Å²) in [6, 6.07) is 6.17. The van der Waals surface area contributed by atoms with Gasteiger partial charge < -0.3 is 10.2 Å². The molecule has 4 heteroatoms. The molecule has 0 radical (unpaired) electrons. The molecule has 1 fully saturated rings. The Labute approximate surface area is 125 Å². The summed E-state index contributed by atoms with van der Waals surface area (Å²) < 4.78 is 0. The number of Topliss-reactive ketones (excluding diaryl/α,β-unsaturated/α-hetero) is 1. The second kappa shape index (κ2) is 5.88. The van der Waals surface area contributed by atoms with Gasteiger partial charge >= 0.3 is 0 Å². The summed E-state index contributed by atoms with van der Waals surface area (Å²) in [5.74, 6) is 0.209. The van der Waals surface area contributed by atoms with E-state index in [2.05, 4.69) is 10.2 Å². The fourth-order valence-electron chi connectivity index (χ4n) is 3.37. The molecule has 1 heterocycles. The number of fused-ring (bicyclic) bond motifs is 1. The molecule has 1 amide bonds. The summed E-state index contributed by atoms with van der Waals surface area (Å²) in [5.41, 5.74) is 3.03. The van der Waals surface area contributed by atoms with Gasteiger partial charge in [0, 0.05) is 23.8 Å². The highest BCUT2D eigenvalue weighted by Gasteiger charge is 2.23. The van der Waals surface area contributed by atoms with Crippen LogP contribution in [0.15, 0.2) is 18.2 Å². The van der Waals surface area contributed by atoms with Crippen LogP contribution in [0.5, 0.6) is 0 Å². The number of carbonyl (C=O) groups excluding carboxylic acids is 2. The number of ketones is 1. The van der Waals surface area contributed by atoms with Crippen molar-refractivity contribution >= 4 is 17.4 Å². The van der Waals surface area contributed by atoms with Crippen molar-refractivity contribution in [3.8, 4) is 0 Å². The van der Waals surface area contributed by atoms with Crippen molar-refractivity contribution in [2.75, 3.05) is 18.0 Å². The van der Waals surface area contributed by atoms with Crippen molar-refractivity contribution in [1.82, 2.24) is 5.32 Å². The van der Waals surface area contributed by atoms with Crippen molar-refractivity contribution in [3.05, 3.63) is 29.3 Å². The quantitative estimate of drug-likeness (QED) is 0.864. The molecule has 0 unspecified atom stereocenters. The van der Waals surface area contributed by atoms with Crippen molar-refractivity contribution in [1.29, 1.82) is 0 Å². The van der Waals surface area contributed by atoms with Gasteiger partial charge in [-0.3, -0.25) is 9.59 Å². The van der Waals surface area contributed by atoms with Gasteiger partial charge in [0.05, 0.1) is 6.54 Å². The van der Waals surface area contributed by atoms with E-state index in [9.17, 15) is 9.59 Å². The molecule has 1 aliphatic carbocycles. The van der Waals surface area contributed by atoms with Crippen LogP contribution >= 0.6 is 0 Å². The van der Waals surface area contributed by atoms with Crippen LogP contribution in [0.3, 0.4) is 0 Å². The summed E-state index contributed by atoms with van der Waals surface area (Å²) in [5, 5.41) is 3.13. The molecule has 3 rings (SSSR count). The molecule has 1 aromatic rings. The van der Waals surface area contributed by atoms with Gasteiger partial charge in [0.25, 0.3) is 0 Å². The van der Waals surface area contributed by atoms with E-state index in [0.29, 0.717) is 12.6 Å². The Bertz CT molecular complexity index is 562. The third kappa shape index (κ3) is 3.09. The Balaban J connectivity index is 1.64. The summed E-state index contributed by atoms with van der Waals surface area (Å²) in [6.45, 7) is 2.86. The molecular weight excluding hydrogens is 264 g/mol. The number of amides is 1. The van der Waals surface area contributed by atoms with E-state index >= 15 is 0 Å². The minimum absolute atomic E-state index is 0.0928. The van der Waals surface area contributed by atoms with Crippen molar-refractivity contribution in [3.63, 3.8) is 0 Å². The average molecular weight is 286 g/mol. The highest BCUT2D eigenvalue weighted by Crippen LogP contribution is 2.28. The van der Waals surface area contributed by atoms with Gasteiger partial charge in [-0.2, -0.15) is 0 Å². The summed E-state index contributed by atoms with van der Waals surface area (Å²) in [7, 11) is 0. The van der Waals surface area contributed by atoms with E-state index in [1.165, 1.54) is 18.4 Å². The van der Waals surface area contributed by atoms with E-state index in [1.807, 2.05) is 18.2 Å². The maximum absolute atomic E-state index is 12.1. The maximum Gasteiger partial charge on any atom is 0.239 e. The average Bonchev–Trinajstić information content (AvgIpc) is 3.08. The fourth-order valence-corrected chi connectivity index (χ4v) is 3.37. The molecule has 112 valence electrons. The third-order valence-electron chi connectivity index (χ3n) is 4.53. The third-order valence-corrected chi connectivity index (χ3v) is 4.53. The van der Waals surface area contributed by atoms with E-state index in [0.717, 1.165) is 37.1 Å². The van der Waals surface area contributed by atoms with Gasteiger partial charge in [-0.1, -0.05) is 12.8 Å². The summed E-state index contributed by atoms with van der Waals surface area (Å²) in [4.78, 5) is 25.7. The van der Waals surface area contributed by atoms with Gasteiger partial charge in [-0.15, -0.1) is 0 Å². The van der Waals surface area contributed by atoms with Crippen LogP contribution in [0, 0.1) is 0 Å². The predicted molar refractivity (Wildman–Crippen MR) is 82.8 cm³/mol. The molecule has 0 bridgehead atoms. The highest BCUT2D eigenvalue weighted by molar-refractivity contribution is 5.95. The van der Waals surface area contributed by atoms with Gasteiger partial charge in [0.15, 0.2) is 5.78 Å². The van der Waals surface area contributed by atoms with Gasteiger partial charge in [-0.25, -0.2) is 0 Å². The first kappa shape index (κ1) is 14.1. The molecule has 21 heavy (non-hydrogen) atoms. The van der Waals surface area contributed by atoms with E-state index < -0.39 is 0 Å². The van der Waals surface area contributed by atoms with Crippen LogP contribution in [-0.2, 0) is 11.2 Å². The van der Waals surface area contributed by atoms with E-state index in [1.54, 1.807) is 6.92 Å². The van der Waals surface area contributed by atoms with Gasteiger partial charge in [-0.05, 0) is 49.9 Å². The molecule has 2 aliphatic rings. The number of carbonyl (C=O) groups is 2. The number of hydrogen-bond acceptors (Lipinski definition) is 3. The van der Waals surface area contributed by atoms with Crippen LogP contribution in [-0.4, -0.2) is 30.8 Å². The zero-order chi connectivity index (χ0) is 14.8. The molecule has 0 atom stereocenters. The number of benzene rings is 1. The lowest BCUT2D eigenvalue weighted by atomic mass is 10.1. The minimum atomic E-state index is 0.0928. The first-order chi connectivity index (χ1) is 10.1. The maximum atomic E-state index is 12.1. The lowest BCUT2D eigenvalue weighted by Gasteiger charge is -2.20. The lowest BCUT2D eigenvalue weighted by Crippen LogP contribution is -2.40. The Kier molecular flexibility index (Phi) is 3.95. The SMILES string of the molecule is CC(=O)c1ccc2c(c1)CCN2CC(=O)NC1CCCC1. The van der Waals surface area contributed by atoms with Crippen molar-refractivity contribution in [2.24, 2.45) is 0 Å². The topological polar surface area (TPSA) is 49.4 Å². The first-order valence-electron chi connectivity index (χ1n) is 7.81. The molecular formula is C17H22N2O2. The molecule has 1 saturated carbocycles. The largest absolute Gasteiger partial charge is 0.362 e. The number of hydrogen-bond donors (Lipinski definition) is 1. The van der Waals surface area contributed by atoms with Crippen LogP contribution in [0.2, 0.25) is 0 Å². The highest BCUT2D eigenvalue weighted by atomic mass is 16.2. The zero-order valence-electron chi connectivity index (χ0n) is 12.5.